The van der Waals surface area contributed by atoms with Crippen LogP contribution in [0.4, 0.5) is 11.4 Å². The lowest BCUT2D eigenvalue weighted by atomic mass is 10.1. The Morgan fingerprint density at radius 2 is 1.81 bits per heavy atom. The second-order valence-electron chi connectivity index (χ2n) is 6.57. The third kappa shape index (κ3) is 4.44. The largest absolute Gasteiger partial charge is 0.479 e. The van der Waals surface area contributed by atoms with Crippen LogP contribution in [0.1, 0.15) is 28.4 Å². The normalized spacial score (nSPS) is 15.2. The van der Waals surface area contributed by atoms with Crippen LogP contribution in [0.25, 0.3) is 0 Å². The van der Waals surface area contributed by atoms with Crippen LogP contribution in [0.5, 0.6) is 5.75 Å². The monoisotopic (exact) mass is 367 g/mol. The molecule has 0 fully saturated rings. The van der Waals surface area contributed by atoms with Crippen molar-refractivity contribution in [3.63, 3.8) is 0 Å². The average Bonchev–Trinajstić information content (AvgIpc) is 2.60. The molecule has 0 saturated heterocycles. The molecule has 140 valence electrons. The maximum absolute atomic E-state index is 12.2. The van der Waals surface area contributed by atoms with E-state index in [1.807, 2.05) is 19.9 Å². The zero-order valence-electron chi connectivity index (χ0n) is 15.4. The fourth-order valence-electron chi connectivity index (χ4n) is 2.86. The maximum atomic E-state index is 12.2. The lowest BCUT2D eigenvalue weighted by molar-refractivity contribution is -0.122. The van der Waals surface area contributed by atoms with Gasteiger partial charge in [-0.15, -0.1) is 0 Å². The zero-order chi connectivity index (χ0) is 19.6. The quantitative estimate of drug-likeness (QED) is 0.773. The van der Waals surface area contributed by atoms with Gasteiger partial charge in [0.1, 0.15) is 5.75 Å². The molecule has 0 saturated carbocycles. The Morgan fingerprint density at radius 1 is 1.11 bits per heavy atom. The third-order valence-corrected chi connectivity index (χ3v) is 4.09. The minimum atomic E-state index is -0.557. The predicted octanol–water partition coefficient (Wildman–Crippen LogP) is 2.39. The summed E-state index contributed by atoms with van der Waals surface area (Å²) in [5.74, 6) is -0.379. The summed E-state index contributed by atoms with van der Waals surface area (Å²) in [5, 5.41) is 8.01. The van der Waals surface area contributed by atoms with Crippen molar-refractivity contribution < 1.29 is 19.1 Å². The molecule has 3 rings (SSSR count). The Labute approximate surface area is 157 Å². The first-order valence-corrected chi connectivity index (χ1v) is 8.60. The van der Waals surface area contributed by atoms with Gasteiger partial charge in [-0.1, -0.05) is 17.2 Å². The van der Waals surface area contributed by atoms with Gasteiger partial charge in [-0.3, -0.25) is 14.4 Å². The van der Waals surface area contributed by atoms with Crippen molar-refractivity contribution in [2.75, 3.05) is 17.2 Å². The van der Waals surface area contributed by atoms with Gasteiger partial charge in [-0.2, -0.15) is 0 Å². The molecule has 1 aliphatic heterocycles. The molecule has 1 aliphatic rings. The van der Waals surface area contributed by atoms with Crippen molar-refractivity contribution in [2.45, 2.75) is 26.9 Å². The van der Waals surface area contributed by atoms with Crippen molar-refractivity contribution in [3.05, 3.63) is 53.1 Å². The second-order valence-corrected chi connectivity index (χ2v) is 6.57. The number of rotatable bonds is 4. The minimum Gasteiger partial charge on any atom is -0.479 e. The number of aryl methyl sites for hydroxylation is 2. The SMILES string of the molecule is Cc1cc(C)cc(C(=O)NCC(=O)Nc2ccc3c(c2)NC(=O)[C@H](C)O3)c1. The molecule has 1 heterocycles. The molecule has 0 spiro atoms. The number of amides is 3. The Balaban J connectivity index is 1.59. The molecule has 0 bridgehead atoms. The second kappa shape index (κ2) is 7.49. The average molecular weight is 367 g/mol. The molecular formula is C20H21N3O4. The fraction of sp³-hybridized carbons (Fsp3) is 0.250. The number of hydrogen-bond donors (Lipinski definition) is 3. The smallest absolute Gasteiger partial charge is 0.265 e. The molecule has 0 unspecified atom stereocenters. The summed E-state index contributed by atoms with van der Waals surface area (Å²) < 4.78 is 5.47. The highest BCUT2D eigenvalue weighted by atomic mass is 16.5. The zero-order valence-corrected chi connectivity index (χ0v) is 15.4. The van der Waals surface area contributed by atoms with Crippen molar-refractivity contribution in [1.82, 2.24) is 5.32 Å². The summed E-state index contributed by atoms with van der Waals surface area (Å²) in [6, 6.07) is 10.5. The van der Waals surface area contributed by atoms with Gasteiger partial charge in [0, 0.05) is 11.3 Å². The van der Waals surface area contributed by atoms with Gasteiger partial charge in [0.2, 0.25) is 5.91 Å². The summed E-state index contributed by atoms with van der Waals surface area (Å²) in [6.45, 7) is 5.32. The van der Waals surface area contributed by atoms with E-state index in [0.717, 1.165) is 11.1 Å². The van der Waals surface area contributed by atoms with Gasteiger partial charge in [0.15, 0.2) is 6.10 Å². The van der Waals surface area contributed by atoms with E-state index in [2.05, 4.69) is 16.0 Å². The van der Waals surface area contributed by atoms with Crippen molar-refractivity contribution in [3.8, 4) is 5.75 Å². The Hall–Kier alpha value is -3.35. The summed E-state index contributed by atoms with van der Waals surface area (Å²) in [6.07, 6.45) is -0.557. The first kappa shape index (κ1) is 18.4. The van der Waals surface area contributed by atoms with Crippen LogP contribution in [-0.2, 0) is 9.59 Å². The van der Waals surface area contributed by atoms with Crippen LogP contribution in [-0.4, -0.2) is 30.4 Å². The highest BCUT2D eigenvalue weighted by molar-refractivity contribution is 6.01. The first-order valence-electron chi connectivity index (χ1n) is 8.60. The Morgan fingerprint density at radius 3 is 2.52 bits per heavy atom. The number of ether oxygens (including phenoxy) is 1. The lowest BCUT2D eigenvalue weighted by Gasteiger charge is -2.23. The van der Waals surface area contributed by atoms with Crippen LogP contribution in [0, 0.1) is 13.8 Å². The molecular weight excluding hydrogens is 346 g/mol. The van der Waals surface area contributed by atoms with Crippen molar-refractivity contribution >= 4 is 29.1 Å². The van der Waals surface area contributed by atoms with Crippen LogP contribution in [0.2, 0.25) is 0 Å². The number of carbonyl (C=O) groups excluding carboxylic acids is 3. The first-order chi connectivity index (χ1) is 12.8. The lowest BCUT2D eigenvalue weighted by Crippen LogP contribution is -2.34. The topological polar surface area (TPSA) is 96.5 Å². The molecule has 27 heavy (non-hydrogen) atoms. The molecule has 3 amide bonds. The highest BCUT2D eigenvalue weighted by Gasteiger charge is 2.23. The van der Waals surface area contributed by atoms with E-state index in [4.69, 9.17) is 4.74 Å². The van der Waals surface area contributed by atoms with E-state index >= 15 is 0 Å². The van der Waals surface area contributed by atoms with E-state index in [-0.39, 0.29) is 24.3 Å². The standard InChI is InChI=1S/C20H21N3O4/c1-11-6-12(2)8-14(7-11)20(26)21-10-18(24)22-15-4-5-17-16(9-15)23-19(25)13(3)27-17/h4-9,13H,10H2,1-3H3,(H,21,26)(H,22,24)(H,23,25)/t13-/m0/s1. The van der Waals surface area contributed by atoms with Crippen LogP contribution in [0.3, 0.4) is 0 Å². The highest BCUT2D eigenvalue weighted by Crippen LogP contribution is 2.32. The molecule has 3 N–H and O–H groups in total. The van der Waals surface area contributed by atoms with Gasteiger partial charge in [0.25, 0.3) is 11.8 Å². The Kier molecular flexibility index (Phi) is 5.12. The molecule has 0 radical (unpaired) electrons. The number of nitrogens with one attached hydrogen (secondary N) is 3. The van der Waals surface area contributed by atoms with Crippen molar-refractivity contribution in [1.29, 1.82) is 0 Å². The van der Waals surface area contributed by atoms with E-state index in [9.17, 15) is 14.4 Å². The molecule has 2 aromatic rings. The Bertz CT molecular complexity index is 903. The van der Waals surface area contributed by atoms with Gasteiger partial charge < -0.3 is 20.7 Å². The molecule has 7 nitrogen and oxygen atoms in total. The molecule has 2 aromatic carbocycles. The fourth-order valence-corrected chi connectivity index (χ4v) is 2.86. The molecule has 1 atom stereocenters. The van der Waals surface area contributed by atoms with Crippen molar-refractivity contribution in [2.24, 2.45) is 0 Å². The van der Waals surface area contributed by atoms with E-state index in [1.54, 1.807) is 37.3 Å². The predicted molar refractivity (Wildman–Crippen MR) is 102 cm³/mol. The van der Waals surface area contributed by atoms with Crippen LogP contribution < -0.4 is 20.7 Å². The van der Waals surface area contributed by atoms with E-state index in [1.165, 1.54) is 0 Å². The number of anilines is 2. The van der Waals surface area contributed by atoms with E-state index < -0.39 is 6.10 Å². The van der Waals surface area contributed by atoms with Gasteiger partial charge >= 0.3 is 0 Å². The van der Waals surface area contributed by atoms with Gasteiger partial charge in [-0.25, -0.2) is 0 Å². The number of carbonyl (C=O) groups is 3. The third-order valence-electron chi connectivity index (χ3n) is 4.09. The minimum absolute atomic E-state index is 0.164. The number of benzene rings is 2. The number of hydrogen-bond acceptors (Lipinski definition) is 4. The summed E-state index contributed by atoms with van der Waals surface area (Å²) in [7, 11) is 0. The molecule has 0 aromatic heterocycles. The van der Waals surface area contributed by atoms with Gasteiger partial charge in [0.05, 0.1) is 12.2 Å². The van der Waals surface area contributed by atoms with E-state index in [0.29, 0.717) is 22.7 Å². The molecule has 7 heteroatoms. The van der Waals surface area contributed by atoms with Crippen LogP contribution >= 0.6 is 0 Å². The molecule has 0 aliphatic carbocycles. The maximum Gasteiger partial charge on any atom is 0.265 e. The van der Waals surface area contributed by atoms with Crippen LogP contribution in [0.15, 0.2) is 36.4 Å². The van der Waals surface area contributed by atoms with Gasteiger partial charge in [-0.05, 0) is 51.1 Å². The number of fused-ring (bicyclic) bond motifs is 1. The summed E-state index contributed by atoms with van der Waals surface area (Å²) >= 11 is 0. The summed E-state index contributed by atoms with van der Waals surface area (Å²) in [5.41, 5.74) is 3.48. The summed E-state index contributed by atoms with van der Waals surface area (Å²) in [4.78, 5) is 36.0.